The number of fused-ring (bicyclic) bond motifs is 1. The molecule has 42 heavy (non-hydrogen) atoms. The maximum Gasteiger partial charge on any atom is 0.309 e. The quantitative estimate of drug-likeness (QED) is 0.307. The normalized spacial score (nSPS) is 17.4. The fourth-order valence-corrected chi connectivity index (χ4v) is 7.44. The Labute approximate surface area is 248 Å². The number of amides is 1. The van der Waals surface area contributed by atoms with E-state index in [2.05, 4.69) is 16.1 Å². The summed E-state index contributed by atoms with van der Waals surface area (Å²) >= 11 is 0. The van der Waals surface area contributed by atoms with Crippen LogP contribution in [0.25, 0.3) is 0 Å². The van der Waals surface area contributed by atoms with Gasteiger partial charge in [-0.3, -0.25) is 9.59 Å². The summed E-state index contributed by atoms with van der Waals surface area (Å²) in [5.74, 6) is -0.572. The van der Waals surface area contributed by atoms with Gasteiger partial charge in [0.25, 0.3) is 0 Å². The van der Waals surface area contributed by atoms with E-state index in [1.54, 1.807) is 25.1 Å². The van der Waals surface area contributed by atoms with Crippen LogP contribution in [0.5, 0.6) is 0 Å². The molecule has 0 bridgehead atoms. The van der Waals surface area contributed by atoms with Gasteiger partial charge < -0.3 is 15.0 Å². The molecule has 0 saturated carbocycles. The number of esters is 1. The van der Waals surface area contributed by atoms with Gasteiger partial charge in [0.05, 0.1) is 18.2 Å². The van der Waals surface area contributed by atoms with Crippen molar-refractivity contribution in [2.45, 2.75) is 62.8 Å². The van der Waals surface area contributed by atoms with E-state index in [1.165, 1.54) is 0 Å². The van der Waals surface area contributed by atoms with Crippen LogP contribution < -0.4 is 14.9 Å². The Morgan fingerprint density at radius 1 is 0.952 bits per heavy atom. The molecule has 1 heterocycles. The third-order valence-corrected chi connectivity index (χ3v) is 9.64. The Morgan fingerprint density at radius 3 is 2.45 bits per heavy atom. The smallest absolute Gasteiger partial charge is 0.309 e. The van der Waals surface area contributed by atoms with E-state index >= 15 is 0 Å². The molecule has 3 aromatic rings. The fourth-order valence-electron chi connectivity index (χ4n) is 5.94. The van der Waals surface area contributed by atoms with Gasteiger partial charge in [-0.25, -0.2) is 13.1 Å². The van der Waals surface area contributed by atoms with E-state index in [9.17, 15) is 18.0 Å². The fraction of sp³-hybridized carbons (Fsp3) is 0.394. The third kappa shape index (κ3) is 7.20. The molecule has 8 nitrogen and oxygen atoms in total. The number of hydrogen-bond acceptors (Lipinski definition) is 6. The SMILES string of the molecule is CCOC(=O)C1CCN(c2ccc(NC(=O)CCc3ccccc3)cc2S(=O)(=O)N[C@H]2CCCc3ccccc32)CC1. The molecule has 0 unspecified atom stereocenters. The molecule has 0 radical (unpaired) electrons. The second-order valence-electron chi connectivity index (χ2n) is 11.0. The van der Waals surface area contributed by atoms with Crippen molar-refractivity contribution >= 4 is 33.3 Å². The monoisotopic (exact) mass is 589 g/mol. The number of piperidine rings is 1. The van der Waals surface area contributed by atoms with Gasteiger partial charge in [-0.15, -0.1) is 0 Å². The van der Waals surface area contributed by atoms with Crippen molar-refractivity contribution in [3.63, 3.8) is 0 Å². The number of ether oxygens (including phenoxy) is 1. The maximum atomic E-state index is 14.1. The number of carbonyl (C=O) groups excluding carboxylic acids is 2. The Kier molecular flexibility index (Phi) is 9.59. The van der Waals surface area contributed by atoms with Crippen LogP contribution in [0, 0.1) is 5.92 Å². The van der Waals surface area contributed by atoms with Crippen molar-refractivity contribution in [1.82, 2.24) is 4.72 Å². The lowest BCUT2D eigenvalue weighted by molar-refractivity contribution is -0.148. The molecular weight excluding hydrogens is 550 g/mol. The number of carbonyl (C=O) groups is 2. The van der Waals surface area contributed by atoms with E-state index in [0.717, 1.165) is 29.5 Å². The van der Waals surface area contributed by atoms with E-state index in [4.69, 9.17) is 4.74 Å². The number of nitrogens with one attached hydrogen (secondary N) is 2. The molecule has 5 rings (SSSR count). The van der Waals surface area contributed by atoms with Gasteiger partial charge in [-0.05, 0) is 80.3 Å². The van der Waals surface area contributed by atoms with Crippen LogP contribution in [0.2, 0.25) is 0 Å². The summed E-state index contributed by atoms with van der Waals surface area (Å²) in [5.41, 5.74) is 4.24. The second kappa shape index (κ2) is 13.5. The summed E-state index contributed by atoms with van der Waals surface area (Å²) in [6.07, 6.45) is 4.58. The summed E-state index contributed by atoms with van der Waals surface area (Å²) in [7, 11) is -3.97. The summed E-state index contributed by atoms with van der Waals surface area (Å²) in [5, 5.41) is 2.90. The van der Waals surface area contributed by atoms with Crippen LogP contribution >= 0.6 is 0 Å². The van der Waals surface area contributed by atoms with E-state index < -0.39 is 10.0 Å². The highest BCUT2D eigenvalue weighted by atomic mass is 32.2. The molecule has 1 fully saturated rings. The van der Waals surface area contributed by atoms with Crippen molar-refractivity contribution in [1.29, 1.82) is 0 Å². The zero-order valence-electron chi connectivity index (χ0n) is 24.1. The molecule has 1 aliphatic heterocycles. The van der Waals surface area contributed by atoms with Gasteiger partial charge in [-0.1, -0.05) is 54.6 Å². The topological polar surface area (TPSA) is 105 Å². The van der Waals surface area contributed by atoms with E-state index in [1.807, 2.05) is 53.4 Å². The third-order valence-electron chi connectivity index (χ3n) is 8.14. The average molecular weight is 590 g/mol. The molecule has 1 atom stereocenters. The standard InChI is InChI=1S/C33H39N3O5S/c1-2-41-33(38)26-19-21-36(22-20-26)30-17-16-27(34-32(37)18-15-24-9-4-3-5-10-24)23-31(30)42(39,40)35-29-14-8-12-25-11-6-7-13-28(25)29/h3-7,9-11,13,16-17,23,26,29,35H,2,8,12,14-15,18-22H2,1H3,(H,34,37)/t29-/m0/s1. The van der Waals surface area contributed by atoms with Crippen molar-refractivity contribution in [3.8, 4) is 0 Å². The largest absolute Gasteiger partial charge is 0.466 e. The van der Waals surface area contributed by atoms with E-state index in [-0.39, 0.29) is 35.2 Å². The van der Waals surface area contributed by atoms with Gasteiger partial charge >= 0.3 is 5.97 Å². The van der Waals surface area contributed by atoms with Crippen molar-refractivity contribution in [2.24, 2.45) is 5.92 Å². The van der Waals surface area contributed by atoms with Crippen LogP contribution in [-0.2, 0) is 37.2 Å². The number of aryl methyl sites for hydroxylation is 2. The first-order valence-corrected chi connectivity index (χ1v) is 16.3. The Balaban J connectivity index is 1.38. The van der Waals surface area contributed by atoms with Gasteiger partial charge in [0.1, 0.15) is 4.90 Å². The lowest BCUT2D eigenvalue weighted by atomic mass is 9.88. The van der Waals surface area contributed by atoms with Crippen molar-refractivity contribution in [3.05, 3.63) is 89.5 Å². The first-order chi connectivity index (χ1) is 20.3. The highest BCUT2D eigenvalue weighted by Crippen LogP contribution is 2.35. The lowest BCUT2D eigenvalue weighted by Crippen LogP contribution is -2.38. The van der Waals surface area contributed by atoms with Gasteiger partial charge in [0, 0.05) is 31.2 Å². The lowest BCUT2D eigenvalue weighted by Gasteiger charge is -2.34. The maximum absolute atomic E-state index is 14.1. The van der Waals surface area contributed by atoms with Crippen molar-refractivity contribution < 1.29 is 22.7 Å². The molecule has 2 aliphatic rings. The zero-order valence-corrected chi connectivity index (χ0v) is 24.9. The van der Waals surface area contributed by atoms with E-state index in [0.29, 0.717) is 56.8 Å². The number of hydrogen-bond donors (Lipinski definition) is 2. The van der Waals surface area contributed by atoms with Crippen LogP contribution in [0.4, 0.5) is 11.4 Å². The Bertz CT molecular complexity index is 1500. The highest BCUT2D eigenvalue weighted by Gasteiger charge is 2.32. The molecule has 1 aliphatic carbocycles. The number of rotatable bonds is 10. The minimum atomic E-state index is -3.97. The second-order valence-corrected chi connectivity index (χ2v) is 12.7. The molecule has 9 heteroatoms. The molecule has 2 N–H and O–H groups in total. The first kappa shape index (κ1) is 29.8. The zero-order chi connectivity index (χ0) is 29.5. The van der Waals surface area contributed by atoms with Crippen LogP contribution in [0.15, 0.2) is 77.7 Å². The predicted octanol–water partition coefficient (Wildman–Crippen LogP) is 5.39. The number of anilines is 2. The molecule has 0 aromatic heterocycles. The van der Waals surface area contributed by atoms with Gasteiger partial charge in [0.15, 0.2) is 0 Å². The number of nitrogens with zero attached hydrogens (tertiary/aromatic N) is 1. The molecule has 1 amide bonds. The summed E-state index contributed by atoms with van der Waals surface area (Å²) in [4.78, 5) is 27.2. The van der Waals surface area contributed by atoms with Gasteiger partial charge in [0.2, 0.25) is 15.9 Å². The number of sulfonamides is 1. The Hall–Kier alpha value is -3.69. The average Bonchev–Trinajstić information content (AvgIpc) is 3.01. The van der Waals surface area contributed by atoms with Crippen molar-refractivity contribution in [2.75, 3.05) is 29.9 Å². The molecular formula is C33H39N3O5S. The van der Waals surface area contributed by atoms with Crippen LogP contribution in [0.1, 0.15) is 61.8 Å². The highest BCUT2D eigenvalue weighted by molar-refractivity contribution is 7.89. The Morgan fingerprint density at radius 2 is 1.69 bits per heavy atom. The molecule has 0 spiro atoms. The minimum Gasteiger partial charge on any atom is -0.466 e. The summed E-state index contributed by atoms with van der Waals surface area (Å²) in [6.45, 7) is 3.20. The summed E-state index contributed by atoms with van der Waals surface area (Å²) < 4.78 is 36.3. The predicted molar refractivity (Wildman–Crippen MR) is 164 cm³/mol. The molecule has 3 aromatic carbocycles. The summed E-state index contributed by atoms with van der Waals surface area (Å²) in [6, 6.07) is 22.5. The number of benzene rings is 3. The van der Waals surface area contributed by atoms with Crippen LogP contribution in [0.3, 0.4) is 0 Å². The van der Waals surface area contributed by atoms with Gasteiger partial charge in [-0.2, -0.15) is 0 Å². The van der Waals surface area contributed by atoms with Crippen LogP contribution in [-0.4, -0.2) is 40.0 Å². The molecule has 222 valence electrons. The minimum absolute atomic E-state index is 0.126. The first-order valence-electron chi connectivity index (χ1n) is 14.8. The molecule has 1 saturated heterocycles.